The van der Waals surface area contributed by atoms with Gasteiger partial charge in [0.05, 0.1) is 12.5 Å². The molecule has 1 saturated carbocycles. The van der Waals surface area contributed by atoms with Crippen LogP contribution in [0.15, 0.2) is 24.3 Å². The van der Waals surface area contributed by atoms with Gasteiger partial charge < -0.3 is 10.0 Å². The van der Waals surface area contributed by atoms with Gasteiger partial charge in [0.15, 0.2) is 0 Å². The number of benzene rings is 1. The van der Waals surface area contributed by atoms with E-state index in [0.717, 1.165) is 13.0 Å². The van der Waals surface area contributed by atoms with Gasteiger partial charge in [-0.2, -0.15) is 0 Å². The smallest absolute Gasteiger partial charge is 0.228 e. The number of hydrogen-bond donors (Lipinski definition) is 1. The zero-order chi connectivity index (χ0) is 18.2. The van der Waals surface area contributed by atoms with E-state index < -0.39 is 0 Å². The predicted molar refractivity (Wildman–Crippen MR) is 102 cm³/mol. The SMILES string of the molecule is CC[C@H](CO)C(=O)N1CC2(CC[C@@H](c3cccc(C(C)C)c3)C2)C1C. The maximum atomic E-state index is 12.6. The van der Waals surface area contributed by atoms with E-state index in [9.17, 15) is 9.90 Å². The molecule has 1 saturated heterocycles. The second-order valence-corrected chi connectivity index (χ2v) is 8.56. The third-order valence-corrected chi connectivity index (χ3v) is 6.88. The quantitative estimate of drug-likeness (QED) is 0.865. The summed E-state index contributed by atoms with van der Waals surface area (Å²) in [5, 5.41) is 9.42. The van der Waals surface area contributed by atoms with Crippen molar-refractivity contribution in [3.8, 4) is 0 Å². The van der Waals surface area contributed by atoms with Crippen molar-refractivity contribution in [2.75, 3.05) is 13.2 Å². The first-order valence-corrected chi connectivity index (χ1v) is 9.93. The molecule has 0 bridgehead atoms. The van der Waals surface area contributed by atoms with Gasteiger partial charge in [0.1, 0.15) is 0 Å². The Bertz CT molecular complexity index is 622. The minimum Gasteiger partial charge on any atom is -0.396 e. The highest BCUT2D eigenvalue weighted by molar-refractivity contribution is 5.80. The van der Waals surface area contributed by atoms with Gasteiger partial charge in [0.2, 0.25) is 5.91 Å². The molecule has 25 heavy (non-hydrogen) atoms. The van der Waals surface area contributed by atoms with Crippen molar-refractivity contribution < 1.29 is 9.90 Å². The molecule has 1 aliphatic heterocycles. The van der Waals surface area contributed by atoms with Crippen molar-refractivity contribution in [1.82, 2.24) is 4.90 Å². The zero-order valence-electron chi connectivity index (χ0n) is 16.2. The topological polar surface area (TPSA) is 40.5 Å². The summed E-state index contributed by atoms with van der Waals surface area (Å²) in [7, 11) is 0. The summed E-state index contributed by atoms with van der Waals surface area (Å²) in [5.74, 6) is 1.11. The van der Waals surface area contributed by atoms with E-state index in [1.54, 1.807) is 0 Å². The molecule has 1 aliphatic carbocycles. The predicted octanol–water partition coefficient (Wildman–Crippen LogP) is 4.31. The van der Waals surface area contributed by atoms with Crippen LogP contribution >= 0.6 is 0 Å². The van der Waals surface area contributed by atoms with Gasteiger partial charge in [-0.15, -0.1) is 0 Å². The van der Waals surface area contributed by atoms with Crippen LogP contribution in [0.1, 0.15) is 76.3 Å². The Morgan fingerprint density at radius 2 is 2.16 bits per heavy atom. The Labute approximate surface area is 152 Å². The summed E-state index contributed by atoms with van der Waals surface area (Å²) < 4.78 is 0. The molecule has 0 radical (unpaired) electrons. The van der Waals surface area contributed by atoms with E-state index in [0.29, 0.717) is 23.3 Å². The molecule has 2 fully saturated rings. The lowest BCUT2D eigenvalue weighted by Gasteiger charge is -2.56. The Balaban J connectivity index is 1.67. The number of carbonyl (C=O) groups excluding carboxylic acids is 1. The number of amides is 1. The van der Waals surface area contributed by atoms with Crippen molar-refractivity contribution in [3.63, 3.8) is 0 Å². The highest BCUT2D eigenvalue weighted by Gasteiger charge is 2.55. The Hall–Kier alpha value is -1.35. The molecule has 3 heteroatoms. The van der Waals surface area contributed by atoms with Crippen molar-refractivity contribution in [3.05, 3.63) is 35.4 Å². The lowest BCUT2D eigenvalue weighted by atomic mass is 9.69. The van der Waals surface area contributed by atoms with Crippen molar-refractivity contribution in [1.29, 1.82) is 0 Å². The normalized spacial score (nSPS) is 29.9. The fraction of sp³-hybridized carbons (Fsp3) is 0.682. The lowest BCUT2D eigenvalue weighted by Crippen LogP contribution is -2.65. The van der Waals surface area contributed by atoms with Crippen LogP contribution in [0.5, 0.6) is 0 Å². The van der Waals surface area contributed by atoms with E-state index in [2.05, 4.69) is 45.0 Å². The van der Waals surface area contributed by atoms with E-state index in [4.69, 9.17) is 0 Å². The molecule has 2 unspecified atom stereocenters. The summed E-state index contributed by atoms with van der Waals surface area (Å²) in [6.07, 6.45) is 4.35. The largest absolute Gasteiger partial charge is 0.396 e. The molecule has 1 aromatic rings. The maximum Gasteiger partial charge on any atom is 0.228 e. The van der Waals surface area contributed by atoms with Crippen LogP contribution < -0.4 is 0 Å². The van der Waals surface area contributed by atoms with Gasteiger partial charge in [-0.1, -0.05) is 45.0 Å². The van der Waals surface area contributed by atoms with E-state index >= 15 is 0 Å². The van der Waals surface area contributed by atoms with E-state index in [-0.39, 0.29) is 18.4 Å². The van der Waals surface area contributed by atoms with Crippen LogP contribution in [0.4, 0.5) is 0 Å². The third-order valence-electron chi connectivity index (χ3n) is 6.88. The molecule has 1 amide bonds. The minimum atomic E-state index is -0.222. The first-order chi connectivity index (χ1) is 11.9. The molecule has 0 aromatic heterocycles. The van der Waals surface area contributed by atoms with Crippen LogP contribution in [0.3, 0.4) is 0 Å². The molecule has 1 N–H and O–H groups in total. The first-order valence-electron chi connectivity index (χ1n) is 9.93. The summed E-state index contributed by atoms with van der Waals surface area (Å²) in [5.41, 5.74) is 3.19. The van der Waals surface area contributed by atoms with Crippen LogP contribution in [0.2, 0.25) is 0 Å². The van der Waals surface area contributed by atoms with Crippen molar-refractivity contribution >= 4 is 5.91 Å². The standard InChI is InChI=1S/C22H33NO2/c1-5-17(13-24)21(25)23-14-22(16(23)4)10-9-20(12-22)19-8-6-7-18(11-19)15(2)3/h6-8,11,15-17,20,24H,5,9-10,12-14H2,1-4H3/t16?,17-,20-,22?/m1/s1. The number of rotatable bonds is 5. The van der Waals surface area contributed by atoms with Gasteiger partial charge in [-0.25, -0.2) is 0 Å². The van der Waals surface area contributed by atoms with Crippen LogP contribution in [0.25, 0.3) is 0 Å². The fourth-order valence-corrected chi connectivity index (χ4v) is 4.85. The van der Waals surface area contributed by atoms with Crippen LogP contribution in [0, 0.1) is 11.3 Å². The number of aliphatic hydroxyl groups is 1. The second kappa shape index (κ2) is 7.11. The summed E-state index contributed by atoms with van der Waals surface area (Å²) in [6.45, 7) is 9.53. The molecule has 1 heterocycles. The third kappa shape index (κ3) is 3.23. The van der Waals surface area contributed by atoms with Gasteiger partial charge >= 0.3 is 0 Å². The molecule has 1 aromatic carbocycles. The fourth-order valence-electron chi connectivity index (χ4n) is 4.85. The van der Waals surface area contributed by atoms with Crippen molar-refractivity contribution in [2.24, 2.45) is 11.3 Å². The van der Waals surface area contributed by atoms with Gasteiger partial charge in [-0.3, -0.25) is 4.79 Å². The number of hydrogen-bond acceptors (Lipinski definition) is 2. The minimum absolute atomic E-state index is 0.0316. The Morgan fingerprint density at radius 3 is 2.76 bits per heavy atom. The highest BCUT2D eigenvalue weighted by Crippen LogP contribution is 2.55. The van der Waals surface area contributed by atoms with Gasteiger partial charge in [-0.05, 0) is 55.6 Å². The first kappa shape index (κ1) is 18.4. The Kier molecular flexibility index (Phi) is 5.24. The summed E-state index contributed by atoms with van der Waals surface area (Å²) in [6, 6.07) is 9.40. The molecule has 2 aliphatic rings. The zero-order valence-corrected chi connectivity index (χ0v) is 16.2. The molecule has 3 rings (SSSR count). The van der Waals surface area contributed by atoms with E-state index in [1.807, 2.05) is 11.8 Å². The average molecular weight is 344 g/mol. The molecule has 4 atom stereocenters. The average Bonchev–Trinajstić information content (AvgIpc) is 3.08. The Morgan fingerprint density at radius 1 is 1.40 bits per heavy atom. The summed E-state index contributed by atoms with van der Waals surface area (Å²) >= 11 is 0. The number of likely N-dealkylation sites (tertiary alicyclic amines) is 1. The second-order valence-electron chi connectivity index (χ2n) is 8.56. The molecular weight excluding hydrogens is 310 g/mol. The highest BCUT2D eigenvalue weighted by atomic mass is 16.3. The van der Waals surface area contributed by atoms with Gasteiger partial charge in [0, 0.05) is 18.0 Å². The van der Waals surface area contributed by atoms with Gasteiger partial charge in [0.25, 0.3) is 0 Å². The lowest BCUT2D eigenvalue weighted by molar-refractivity contribution is -0.158. The summed E-state index contributed by atoms with van der Waals surface area (Å²) in [4.78, 5) is 14.6. The van der Waals surface area contributed by atoms with Crippen LogP contribution in [-0.4, -0.2) is 35.1 Å². The molecular formula is C22H33NO2. The molecule has 1 spiro atoms. The number of aliphatic hydroxyl groups excluding tert-OH is 1. The monoisotopic (exact) mass is 343 g/mol. The molecule has 138 valence electrons. The van der Waals surface area contributed by atoms with Crippen molar-refractivity contribution in [2.45, 2.75) is 71.3 Å². The maximum absolute atomic E-state index is 12.6. The van der Waals surface area contributed by atoms with E-state index in [1.165, 1.54) is 30.4 Å². The number of carbonyl (C=O) groups is 1. The molecule has 3 nitrogen and oxygen atoms in total. The number of nitrogens with zero attached hydrogens (tertiary/aromatic N) is 1. The van der Waals surface area contributed by atoms with Crippen LogP contribution in [-0.2, 0) is 4.79 Å².